The number of methoxy groups -OCH3 is 1. The molecule has 1 saturated heterocycles. The van der Waals surface area contributed by atoms with Gasteiger partial charge in [0.05, 0.1) is 29.6 Å². The molecule has 10 heteroatoms. The van der Waals surface area contributed by atoms with E-state index in [4.69, 9.17) is 4.74 Å². The number of hydrogen-bond acceptors (Lipinski definition) is 7. The molecule has 2 unspecified atom stereocenters. The van der Waals surface area contributed by atoms with Gasteiger partial charge in [-0.25, -0.2) is 14.4 Å². The number of carbonyl (C=O) groups excluding carboxylic acids is 1. The summed E-state index contributed by atoms with van der Waals surface area (Å²) in [4.78, 5) is 31.0. The van der Waals surface area contributed by atoms with E-state index >= 15 is 0 Å². The third kappa shape index (κ3) is 4.14. The number of nitrogens with zero attached hydrogens (tertiary/aromatic N) is 6. The predicted molar refractivity (Wildman–Crippen MR) is 133 cm³/mol. The average Bonchev–Trinajstić information content (AvgIpc) is 3.21. The van der Waals surface area contributed by atoms with E-state index in [0.29, 0.717) is 34.5 Å². The highest BCUT2D eigenvalue weighted by atomic mass is 19.1. The van der Waals surface area contributed by atoms with Crippen molar-refractivity contribution in [3.63, 3.8) is 0 Å². The van der Waals surface area contributed by atoms with Crippen LogP contribution >= 0.6 is 0 Å². The first kappa shape index (κ1) is 23.0. The third-order valence-electron chi connectivity index (χ3n) is 6.72. The molecule has 1 aliphatic heterocycles. The Balaban J connectivity index is 1.54. The highest BCUT2D eigenvalue weighted by Crippen LogP contribution is 2.32. The van der Waals surface area contributed by atoms with Gasteiger partial charge in [0.25, 0.3) is 5.91 Å². The molecular weight excluding hydrogens is 449 g/mol. The Morgan fingerprint density at radius 3 is 2.63 bits per heavy atom. The van der Waals surface area contributed by atoms with Gasteiger partial charge in [-0.3, -0.25) is 9.69 Å². The lowest BCUT2D eigenvalue weighted by Gasteiger charge is -2.43. The van der Waals surface area contributed by atoms with Gasteiger partial charge in [-0.15, -0.1) is 0 Å². The highest BCUT2D eigenvalue weighted by molar-refractivity contribution is 6.13. The van der Waals surface area contributed by atoms with Crippen LogP contribution in [0.25, 0.3) is 16.6 Å². The molecule has 182 valence electrons. The number of amides is 1. The van der Waals surface area contributed by atoms with E-state index in [2.05, 4.69) is 51.0 Å². The van der Waals surface area contributed by atoms with Crippen LogP contribution in [-0.4, -0.2) is 69.5 Å². The number of fused-ring (bicyclic) bond motifs is 2. The summed E-state index contributed by atoms with van der Waals surface area (Å²) < 4.78 is 21.3. The Morgan fingerprint density at radius 2 is 1.91 bits per heavy atom. The maximum atomic E-state index is 14.5. The van der Waals surface area contributed by atoms with Crippen molar-refractivity contribution in [2.24, 2.45) is 0 Å². The lowest BCUT2D eigenvalue weighted by atomic mass is 10.0. The largest absolute Gasteiger partial charge is 0.467 e. The van der Waals surface area contributed by atoms with Gasteiger partial charge < -0.3 is 19.4 Å². The molecule has 0 aliphatic carbocycles. The van der Waals surface area contributed by atoms with Crippen LogP contribution in [0.4, 0.5) is 15.8 Å². The molecular formula is C25H28FN7O2. The number of carbonyl (C=O) groups is 1. The Kier molecular flexibility index (Phi) is 5.76. The van der Waals surface area contributed by atoms with Crippen molar-refractivity contribution >= 4 is 33.8 Å². The van der Waals surface area contributed by atoms with Crippen LogP contribution in [0, 0.1) is 12.7 Å². The number of anilines is 2. The van der Waals surface area contributed by atoms with E-state index < -0.39 is 11.7 Å². The Bertz CT molecular complexity index is 1420. The molecule has 35 heavy (non-hydrogen) atoms. The number of benzene rings is 1. The SMILES string of the molecule is COc1ncc2c(N3CC(C)N(C)C(C)C3)ccc(C(=O)Nc3cc(F)c4nc(C)cn4c3)c2n1. The smallest absolute Gasteiger partial charge is 0.316 e. The van der Waals surface area contributed by atoms with Gasteiger partial charge in [0.15, 0.2) is 11.5 Å². The van der Waals surface area contributed by atoms with Gasteiger partial charge >= 0.3 is 6.01 Å². The van der Waals surface area contributed by atoms with E-state index in [1.54, 1.807) is 36.0 Å². The zero-order valence-electron chi connectivity index (χ0n) is 20.4. The lowest BCUT2D eigenvalue weighted by molar-refractivity contribution is 0.102. The summed E-state index contributed by atoms with van der Waals surface area (Å²) in [6, 6.07) is 5.86. The second kappa shape index (κ2) is 8.77. The minimum absolute atomic E-state index is 0.171. The normalized spacial score (nSPS) is 18.9. The molecule has 5 rings (SSSR count). The summed E-state index contributed by atoms with van der Waals surface area (Å²) in [5.41, 5.74) is 3.01. The highest BCUT2D eigenvalue weighted by Gasteiger charge is 2.28. The number of ether oxygens (including phenoxy) is 1. The summed E-state index contributed by atoms with van der Waals surface area (Å²) in [5.74, 6) is -0.920. The fraction of sp³-hybridized carbons (Fsp3) is 0.360. The summed E-state index contributed by atoms with van der Waals surface area (Å²) in [6.45, 7) is 7.87. The standard InChI is InChI=1S/C25H28FN7O2/c1-14-10-33-13-17(8-20(26)23(33)28-14)29-24(34)18-6-7-21(19-9-27-25(35-5)30-22(18)19)32-11-15(2)31(4)16(3)12-32/h6-10,13,15-16H,11-12H2,1-5H3,(H,29,34). The second-order valence-corrected chi connectivity index (χ2v) is 9.16. The summed E-state index contributed by atoms with van der Waals surface area (Å²) in [5, 5.41) is 3.56. The minimum Gasteiger partial charge on any atom is -0.467 e. The first-order valence-electron chi connectivity index (χ1n) is 11.5. The minimum atomic E-state index is -0.515. The number of imidazole rings is 1. The van der Waals surface area contributed by atoms with E-state index in [1.165, 1.54) is 13.2 Å². The van der Waals surface area contributed by atoms with Crippen LogP contribution in [0.1, 0.15) is 29.9 Å². The molecule has 1 N–H and O–H groups in total. The Morgan fingerprint density at radius 1 is 1.17 bits per heavy atom. The molecule has 1 amide bonds. The molecule has 0 radical (unpaired) electrons. The number of piperazine rings is 1. The van der Waals surface area contributed by atoms with Crippen LogP contribution in [0.5, 0.6) is 6.01 Å². The zero-order valence-corrected chi connectivity index (χ0v) is 20.4. The van der Waals surface area contributed by atoms with Gasteiger partial charge in [0.1, 0.15) is 0 Å². The molecule has 4 aromatic rings. The number of halogens is 1. The number of nitrogens with one attached hydrogen (secondary N) is 1. The van der Waals surface area contributed by atoms with Crippen molar-refractivity contribution in [2.75, 3.05) is 37.5 Å². The van der Waals surface area contributed by atoms with Crippen LogP contribution in [-0.2, 0) is 0 Å². The maximum absolute atomic E-state index is 14.5. The van der Waals surface area contributed by atoms with Crippen molar-refractivity contribution in [3.8, 4) is 6.01 Å². The molecule has 0 saturated carbocycles. The fourth-order valence-corrected chi connectivity index (χ4v) is 4.69. The lowest BCUT2D eigenvalue weighted by Crippen LogP contribution is -2.55. The first-order valence-corrected chi connectivity index (χ1v) is 11.5. The first-order chi connectivity index (χ1) is 16.7. The number of aromatic nitrogens is 4. The fourth-order valence-electron chi connectivity index (χ4n) is 4.69. The summed E-state index contributed by atoms with van der Waals surface area (Å²) in [7, 11) is 3.62. The van der Waals surface area contributed by atoms with E-state index in [9.17, 15) is 9.18 Å². The topological polar surface area (TPSA) is 87.9 Å². The number of hydrogen-bond donors (Lipinski definition) is 1. The van der Waals surface area contributed by atoms with Crippen molar-refractivity contribution in [3.05, 3.63) is 53.9 Å². The van der Waals surface area contributed by atoms with Crippen LogP contribution in [0.2, 0.25) is 0 Å². The summed E-state index contributed by atoms with van der Waals surface area (Å²) >= 11 is 0. The molecule has 1 aliphatic rings. The third-order valence-corrected chi connectivity index (χ3v) is 6.72. The Hall–Kier alpha value is -3.79. The monoisotopic (exact) mass is 477 g/mol. The van der Waals surface area contributed by atoms with Crippen molar-refractivity contribution in [1.29, 1.82) is 0 Å². The van der Waals surface area contributed by atoms with Gasteiger partial charge in [-0.1, -0.05) is 0 Å². The van der Waals surface area contributed by atoms with Crippen molar-refractivity contribution in [2.45, 2.75) is 32.9 Å². The van der Waals surface area contributed by atoms with Crippen molar-refractivity contribution < 1.29 is 13.9 Å². The zero-order chi connectivity index (χ0) is 24.9. The second-order valence-electron chi connectivity index (χ2n) is 9.16. The molecule has 0 spiro atoms. The molecule has 4 heterocycles. The summed E-state index contributed by atoms with van der Waals surface area (Å²) in [6.07, 6.45) is 5.03. The van der Waals surface area contributed by atoms with Gasteiger partial charge in [-0.2, -0.15) is 4.98 Å². The quantitative estimate of drug-likeness (QED) is 0.481. The van der Waals surface area contributed by atoms with Crippen LogP contribution in [0.3, 0.4) is 0 Å². The van der Waals surface area contributed by atoms with E-state index in [-0.39, 0.29) is 11.7 Å². The molecule has 2 atom stereocenters. The maximum Gasteiger partial charge on any atom is 0.316 e. The number of rotatable bonds is 4. The molecule has 9 nitrogen and oxygen atoms in total. The number of likely N-dealkylation sites (N-methyl/N-ethyl adjacent to an activating group) is 1. The molecule has 1 fully saturated rings. The van der Waals surface area contributed by atoms with E-state index in [0.717, 1.165) is 24.2 Å². The molecule has 3 aromatic heterocycles. The van der Waals surface area contributed by atoms with Gasteiger partial charge in [-0.05, 0) is 40.0 Å². The van der Waals surface area contributed by atoms with E-state index in [1.807, 2.05) is 6.07 Å². The van der Waals surface area contributed by atoms with Crippen LogP contribution < -0.4 is 15.0 Å². The number of aryl methyl sites for hydroxylation is 1. The van der Waals surface area contributed by atoms with Crippen molar-refractivity contribution in [1.82, 2.24) is 24.3 Å². The molecule has 0 bridgehead atoms. The van der Waals surface area contributed by atoms with Crippen LogP contribution in [0.15, 0.2) is 36.8 Å². The van der Waals surface area contributed by atoms with Gasteiger partial charge in [0.2, 0.25) is 0 Å². The van der Waals surface area contributed by atoms with Gasteiger partial charge in [0, 0.05) is 60.9 Å². The predicted octanol–water partition coefficient (Wildman–Crippen LogP) is 3.51. The Labute approximate surface area is 202 Å². The molecule has 1 aromatic carbocycles. The average molecular weight is 478 g/mol. The number of pyridine rings is 1.